The highest BCUT2D eigenvalue weighted by Crippen LogP contribution is 2.22. The molecule has 1 aliphatic heterocycles. The number of ether oxygens (including phenoxy) is 1. The second kappa shape index (κ2) is 5.75. The van der Waals surface area contributed by atoms with Crippen LogP contribution in [0.3, 0.4) is 0 Å². The summed E-state index contributed by atoms with van der Waals surface area (Å²) in [4.78, 5) is 18.3. The fourth-order valence-electron chi connectivity index (χ4n) is 2.27. The molecule has 0 bridgehead atoms. The van der Waals surface area contributed by atoms with Crippen molar-refractivity contribution in [2.24, 2.45) is 0 Å². The van der Waals surface area contributed by atoms with Crippen LogP contribution in [0.15, 0.2) is 12.1 Å². The number of hydrogen-bond donors (Lipinski definition) is 1. The van der Waals surface area contributed by atoms with E-state index in [-0.39, 0.29) is 17.1 Å². The largest absolute Gasteiger partial charge is 0.481 e. The van der Waals surface area contributed by atoms with Crippen LogP contribution in [0.25, 0.3) is 0 Å². The SMILES string of the molecule is COc1ccc(F)c(C(=O)NC2(C)CCN(C)CC2)n1. The summed E-state index contributed by atoms with van der Waals surface area (Å²) in [7, 11) is 3.48. The molecular formula is C14H20FN3O2. The maximum atomic E-state index is 13.7. The van der Waals surface area contributed by atoms with Gasteiger partial charge in [0.25, 0.3) is 5.91 Å². The standard InChI is InChI=1S/C14H20FN3O2/c1-14(6-8-18(2)9-7-14)17-13(19)12-10(15)4-5-11(16-12)20-3/h4-5H,6-9H2,1-3H3,(H,17,19). The van der Waals surface area contributed by atoms with E-state index < -0.39 is 11.7 Å². The van der Waals surface area contributed by atoms with Crippen molar-refractivity contribution in [1.82, 2.24) is 15.2 Å². The molecule has 20 heavy (non-hydrogen) atoms. The Morgan fingerprint density at radius 2 is 2.10 bits per heavy atom. The number of nitrogens with zero attached hydrogens (tertiary/aromatic N) is 2. The molecule has 1 aromatic rings. The zero-order valence-electron chi connectivity index (χ0n) is 12.1. The lowest BCUT2D eigenvalue weighted by atomic mass is 9.89. The lowest BCUT2D eigenvalue weighted by Gasteiger charge is -2.38. The molecule has 1 fully saturated rings. The normalized spacial score (nSPS) is 18.6. The van der Waals surface area contributed by atoms with Gasteiger partial charge in [0, 0.05) is 24.7 Å². The second-order valence-corrected chi connectivity index (χ2v) is 5.50. The summed E-state index contributed by atoms with van der Waals surface area (Å²) >= 11 is 0. The van der Waals surface area contributed by atoms with Gasteiger partial charge in [0.2, 0.25) is 5.88 Å². The van der Waals surface area contributed by atoms with E-state index in [0.717, 1.165) is 25.9 Å². The molecule has 0 atom stereocenters. The average molecular weight is 281 g/mol. The molecule has 2 heterocycles. The smallest absolute Gasteiger partial charge is 0.273 e. The topological polar surface area (TPSA) is 54.5 Å². The summed E-state index contributed by atoms with van der Waals surface area (Å²) in [6.07, 6.45) is 1.67. The Bertz CT molecular complexity index is 499. The second-order valence-electron chi connectivity index (χ2n) is 5.50. The summed E-state index contributed by atoms with van der Waals surface area (Å²) in [5, 5.41) is 2.90. The number of aromatic nitrogens is 1. The number of carbonyl (C=O) groups is 1. The van der Waals surface area contributed by atoms with Crippen LogP contribution in [0.5, 0.6) is 5.88 Å². The van der Waals surface area contributed by atoms with Gasteiger partial charge in [-0.15, -0.1) is 0 Å². The summed E-state index contributed by atoms with van der Waals surface area (Å²) < 4.78 is 18.6. The van der Waals surface area contributed by atoms with Crippen molar-refractivity contribution in [3.63, 3.8) is 0 Å². The number of pyridine rings is 1. The van der Waals surface area contributed by atoms with Crippen LogP contribution >= 0.6 is 0 Å². The van der Waals surface area contributed by atoms with Gasteiger partial charge in [-0.05, 0) is 32.9 Å². The number of methoxy groups -OCH3 is 1. The zero-order chi connectivity index (χ0) is 14.8. The first-order valence-electron chi connectivity index (χ1n) is 6.65. The van der Waals surface area contributed by atoms with Crippen LogP contribution in [0.2, 0.25) is 0 Å². The van der Waals surface area contributed by atoms with Crippen LogP contribution in [0.1, 0.15) is 30.3 Å². The minimum absolute atomic E-state index is 0.218. The summed E-state index contributed by atoms with van der Waals surface area (Å²) in [5.74, 6) is -0.904. The van der Waals surface area contributed by atoms with E-state index in [1.165, 1.54) is 19.2 Å². The van der Waals surface area contributed by atoms with Crippen molar-refractivity contribution in [3.05, 3.63) is 23.6 Å². The van der Waals surface area contributed by atoms with Gasteiger partial charge >= 0.3 is 0 Å². The van der Waals surface area contributed by atoms with Crippen LogP contribution in [0.4, 0.5) is 4.39 Å². The predicted octanol–water partition coefficient (Wildman–Crippen LogP) is 1.44. The molecule has 5 nitrogen and oxygen atoms in total. The van der Waals surface area contributed by atoms with Gasteiger partial charge in [-0.2, -0.15) is 0 Å². The molecule has 1 amide bonds. The Hall–Kier alpha value is -1.69. The van der Waals surface area contributed by atoms with Crippen LogP contribution < -0.4 is 10.1 Å². The summed E-state index contributed by atoms with van der Waals surface area (Å²) in [6.45, 7) is 3.80. The van der Waals surface area contributed by atoms with Gasteiger partial charge < -0.3 is 15.0 Å². The molecule has 0 radical (unpaired) electrons. The Morgan fingerprint density at radius 1 is 1.45 bits per heavy atom. The van der Waals surface area contributed by atoms with E-state index in [9.17, 15) is 9.18 Å². The van der Waals surface area contributed by atoms with Crippen molar-refractivity contribution >= 4 is 5.91 Å². The maximum absolute atomic E-state index is 13.7. The van der Waals surface area contributed by atoms with Gasteiger partial charge in [-0.25, -0.2) is 9.37 Å². The minimum Gasteiger partial charge on any atom is -0.481 e. The van der Waals surface area contributed by atoms with E-state index in [2.05, 4.69) is 15.2 Å². The third-order valence-corrected chi connectivity index (χ3v) is 3.75. The van der Waals surface area contributed by atoms with E-state index in [0.29, 0.717) is 0 Å². The van der Waals surface area contributed by atoms with E-state index in [1.807, 2.05) is 14.0 Å². The highest BCUT2D eigenvalue weighted by molar-refractivity contribution is 5.93. The highest BCUT2D eigenvalue weighted by Gasteiger charge is 2.31. The molecule has 1 aromatic heterocycles. The lowest BCUT2D eigenvalue weighted by molar-refractivity contribution is 0.0841. The molecule has 6 heteroatoms. The van der Waals surface area contributed by atoms with Crippen molar-refractivity contribution < 1.29 is 13.9 Å². The van der Waals surface area contributed by atoms with Gasteiger partial charge in [0.05, 0.1) is 7.11 Å². The van der Waals surface area contributed by atoms with Crippen LogP contribution in [-0.2, 0) is 0 Å². The average Bonchev–Trinajstić information content (AvgIpc) is 2.43. The third kappa shape index (κ3) is 3.25. The molecule has 2 rings (SSSR count). The molecule has 0 aliphatic carbocycles. The van der Waals surface area contributed by atoms with Gasteiger partial charge in [-0.3, -0.25) is 4.79 Å². The molecule has 0 unspecified atom stereocenters. The molecule has 110 valence electrons. The van der Waals surface area contributed by atoms with Gasteiger partial charge in [0.1, 0.15) is 0 Å². The van der Waals surface area contributed by atoms with Crippen molar-refractivity contribution in [2.75, 3.05) is 27.2 Å². The lowest BCUT2D eigenvalue weighted by Crippen LogP contribution is -2.52. The first-order chi connectivity index (χ1) is 9.43. The molecule has 1 N–H and O–H groups in total. The fourth-order valence-corrected chi connectivity index (χ4v) is 2.27. The monoisotopic (exact) mass is 281 g/mol. The number of likely N-dealkylation sites (tertiary alicyclic amines) is 1. The predicted molar refractivity (Wildman–Crippen MR) is 73.3 cm³/mol. The first kappa shape index (κ1) is 14.7. The number of piperidine rings is 1. The number of amides is 1. The van der Waals surface area contributed by atoms with E-state index in [4.69, 9.17) is 4.74 Å². The van der Waals surface area contributed by atoms with Crippen molar-refractivity contribution in [2.45, 2.75) is 25.3 Å². The molecule has 1 aliphatic rings. The van der Waals surface area contributed by atoms with Gasteiger partial charge in [0.15, 0.2) is 11.5 Å². The first-order valence-corrected chi connectivity index (χ1v) is 6.65. The van der Waals surface area contributed by atoms with E-state index >= 15 is 0 Å². The third-order valence-electron chi connectivity index (χ3n) is 3.75. The molecule has 0 aromatic carbocycles. The molecule has 0 saturated carbocycles. The number of carbonyl (C=O) groups excluding carboxylic acids is 1. The number of hydrogen-bond acceptors (Lipinski definition) is 4. The number of rotatable bonds is 3. The molecule has 0 spiro atoms. The van der Waals surface area contributed by atoms with Crippen LogP contribution in [0, 0.1) is 5.82 Å². The number of nitrogens with one attached hydrogen (secondary N) is 1. The van der Waals surface area contributed by atoms with Crippen molar-refractivity contribution in [3.8, 4) is 5.88 Å². The Kier molecular flexibility index (Phi) is 4.23. The highest BCUT2D eigenvalue weighted by atomic mass is 19.1. The Labute approximate surface area is 118 Å². The Balaban J connectivity index is 2.12. The quantitative estimate of drug-likeness (QED) is 0.911. The Morgan fingerprint density at radius 3 is 2.70 bits per heavy atom. The van der Waals surface area contributed by atoms with Gasteiger partial charge in [-0.1, -0.05) is 0 Å². The maximum Gasteiger partial charge on any atom is 0.273 e. The number of halogens is 1. The van der Waals surface area contributed by atoms with Crippen LogP contribution in [-0.4, -0.2) is 48.6 Å². The molecular weight excluding hydrogens is 261 g/mol. The fraction of sp³-hybridized carbons (Fsp3) is 0.571. The minimum atomic E-state index is -0.639. The van der Waals surface area contributed by atoms with Crippen molar-refractivity contribution in [1.29, 1.82) is 0 Å². The zero-order valence-corrected chi connectivity index (χ0v) is 12.1. The van der Waals surface area contributed by atoms with E-state index in [1.54, 1.807) is 0 Å². The molecule has 1 saturated heterocycles. The summed E-state index contributed by atoms with van der Waals surface area (Å²) in [6, 6.07) is 2.58. The summed E-state index contributed by atoms with van der Waals surface area (Å²) in [5.41, 5.74) is -0.537.